The Bertz CT molecular complexity index is 568. The average Bonchev–Trinajstić information content (AvgIpc) is 2.68. The molecule has 1 unspecified atom stereocenters. The van der Waals surface area contributed by atoms with Crippen LogP contribution in [0.2, 0.25) is 0 Å². The van der Waals surface area contributed by atoms with E-state index in [9.17, 15) is 4.79 Å². The van der Waals surface area contributed by atoms with Gasteiger partial charge in [0.05, 0.1) is 6.54 Å². The molecular weight excluding hydrogens is 260 g/mol. The molecule has 2 rings (SSSR count). The number of rotatable bonds is 1. The molecule has 1 aromatic rings. The van der Waals surface area contributed by atoms with Gasteiger partial charge in [-0.2, -0.15) is 0 Å². The molecule has 1 atom stereocenters. The summed E-state index contributed by atoms with van der Waals surface area (Å²) in [6.07, 6.45) is 3.40. The summed E-state index contributed by atoms with van der Waals surface area (Å²) in [6.45, 7) is 6.32. The number of likely N-dealkylation sites (tertiary alicyclic amines) is 1. The molecule has 21 heavy (non-hydrogen) atoms. The van der Waals surface area contributed by atoms with Gasteiger partial charge in [0.15, 0.2) is 0 Å². The molecule has 112 valence electrons. The predicted molar refractivity (Wildman–Crippen MR) is 86.0 cm³/mol. The van der Waals surface area contributed by atoms with Crippen molar-refractivity contribution in [2.75, 3.05) is 19.6 Å². The molecule has 3 heteroatoms. The first-order chi connectivity index (χ1) is 10.1. The van der Waals surface area contributed by atoms with Crippen LogP contribution in [0.4, 0.5) is 0 Å². The summed E-state index contributed by atoms with van der Waals surface area (Å²) in [6, 6.07) is 5.82. The highest BCUT2D eigenvalue weighted by Crippen LogP contribution is 2.19. The number of benzene rings is 1. The number of nitrogens with zero attached hydrogens (tertiary/aromatic N) is 1. The van der Waals surface area contributed by atoms with Crippen LogP contribution in [0.5, 0.6) is 0 Å². The summed E-state index contributed by atoms with van der Waals surface area (Å²) in [7, 11) is 0. The van der Waals surface area contributed by atoms with E-state index < -0.39 is 0 Å². The molecule has 1 heterocycles. The molecule has 1 aliphatic rings. The zero-order chi connectivity index (χ0) is 15.2. The number of hydrogen-bond donors (Lipinski definition) is 1. The normalized spacial score (nSPS) is 18.6. The molecule has 0 saturated carbocycles. The molecule has 0 radical (unpaired) electrons. The van der Waals surface area contributed by atoms with Crippen LogP contribution in [0.25, 0.3) is 0 Å². The van der Waals surface area contributed by atoms with Crippen LogP contribution >= 0.6 is 0 Å². The largest absolute Gasteiger partial charge is 0.339 e. The summed E-state index contributed by atoms with van der Waals surface area (Å²) in [5.41, 5.74) is 8.08. The third-order valence-corrected chi connectivity index (χ3v) is 3.96. The quantitative estimate of drug-likeness (QED) is 0.806. The number of carbonyl (C=O) groups excluding carboxylic acids is 1. The van der Waals surface area contributed by atoms with E-state index in [1.165, 1.54) is 6.42 Å². The fourth-order valence-electron chi connectivity index (χ4n) is 2.78. The minimum absolute atomic E-state index is 0.128. The maximum Gasteiger partial charge on any atom is 0.253 e. The van der Waals surface area contributed by atoms with Gasteiger partial charge in [-0.25, -0.2) is 0 Å². The van der Waals surface area contributed by atoms with E-state index >= 15 is 0 Å². The standard InChI is InChI=1S/C18H24N2O/c1-14-5-4-9-20(10-7-14)18(21)17-12-15(2)11-16(13-17)6-3-8-19/h11-14H,4-5,7-10,19H2,1-2H3. The molecule has 1 saturated heterocycles. The van der Waals surface area contributed by atoms with Crippen molar-refractivity contribution in [3.63, 3.8) is 0 Å². The van der Waals surface area contributed by atoms with Crippen LogP contribution in [-0.2, 0) is 0 Å². The van der Waals surface area contributed by atoms with Crippen molar-refractivity contribution in [3.05, 3.63) is 34.9 Å². The van der Waals surface area contributed by atoms with Crippen molar-refractivity contribution in [3.8, 4) is 11.8 Å². The van der Waals surface area contributed by atoms with E-state index in [0.29, 0.717) is 12.5 Å². The maximum absolute atomic E-state index is 12.7. The number of nitrogens with two attached hydrogens (primary N) is 1. The second-order valence-corrected chi connectivity index (χ2v) is 5.92. The van der Waals surface area contributed by atoms with Crippen molar-refractivity contribution in [2.45, 2.75) is 33.1 Å². The summed E-state index contributed by atoms with van der Waals surface area (Å²) in [4.78, 5) is 14.7. The van der Waals surface area contributed by atoms with Crippen LogP contribution in [0.1, 0.15) is 47.7 Å². The van der Waals surface area contributed by atoms with Gasteiger partial charge in [-0.15, -0.1) is 0 Å². The van der Waals surface area contributed by atoms with Gasteiger partial charge < -0.3 is 10.6 Å². The Morgan fingerprint density at radius 3 is 2.90 bits per heavy atom. The van der Waals surface area contributed by atoms with Crippen molar-refractivity contribution in [1.82, 2.24) is 4.90 Å². The Labute approximate surface area is 127 Å². The Kier molecular flexibility index (Phi) is 5.41. The summed E-state index contributed by atoms with van der Waals surface area (Å²) < 4.78 is 0. The lowest BCUT2D eigenvalue weighted by Gasteiger charge is -2.21. The Hall–Kier alpha value is -1.79. The fraction of sp³-hybridized carbons (Fsp3) is 0.500. The van der Waals surface area contributed by atoms with E-state index in [-0.39, 0.29) is 5.91 Å². The third-order valence-electron chi connectivity index (χ3n) is 3.96. The van der Waals surface area contributed by atoms with Gasteiger partial charge in [-0.1, -0.05) is 18.8 Å². The first kappa shape index (κ1) is 15.6. The minimum Gasteiger partial charge on any atom is -0.339 e. The third kappa shape index (κ3) is 4.34. The van der Waals surface area contributed by atoms with E-state index in [1.807, 2.05) is 30.0 Å². The van der Waals surface area contributed by atoms with Gasteiger partial charge in [0.1, 0.15) is 0 Å². The Morgan fingerprint density at radius 2 is 2.14 bits per heavy atom. The van der Waals surface area contributed by atoms with E-state index in [1.54, 1.807) is 0 Å². The van der Waals surface area contributed by atoms with E-state index in [0.717, 1.165) is 42.6 Å². The molecule has 2 N–H and O–H groups in total. The van der Waals surface area contributed by atoms with Crippen molar-refractivity contribution < 1.29 is 4.79 Å². The fourth-order valence-corrected chi connectivity index (χ4v) is 2.78. The number of amides is 1. The van der Waals surface area contributed by atoms with Gasteiger partial charge in [0.25, 0.3) is 5.91 Å². The van der Waals surface area contributed by atoms with Crippen LogP contribution in [0.3, 0.4) is 0 Å². The number of hydrogen-bond acceptors (Lipinski definition) is 2. The highest BCUT2D eigenvalue weighted by Gasteiger charge is 2.20. The Morgan fingerprint density at radius 1 is 1.33 bits per heavy atom. The molecule has 0 aromatic heterocycles. The smallest absolute Gasteiger partial charge is 0.253 e. The maximum atomic E-state index is 12.7. The lowest BCUT2D eigenvalue weighted by atomic mass is 10.0. The van der Waals surface area contributed by atoms with Crippen molar-refractivity contribution >= 4 is 5.91 Å². The molecule has 1 fully saturated rings. The zero-order valence-electron chi connectivity index (χ0n) is 13.0. The predicted octanol–water partition coefficient (Wildman–Crippen LogP) is 2.57. The average molecular weight is 284 g/mol. The molecular formula is C18H24N2O. The molecule has 3 nitrogen and oxygen atoms in total. The lowest BCUT2D eigenvalue weighted by molar-refractivity contribution is 0.0760. The lowest BCUT2D eigenvalue weighted by Crippen LogP contribution is -2.32. The van der Waals surface area contributed by atoms with Gasteiger partial charge in [0, 0.05) is 24.2 Å². The highest BCUT2D eigenvalue weighted by atomic mass is 16.2. The van der Waals surface area contributed by atoms with Crippen LogP contribution in [0, 0.1) is 24.7 Å². The van der Waals surface area contributed by atoms with Gasteiger partial charge in [-0.05, 0) is 55.9 Å². The monoisotopic (exact) mass is 284 g/mol. The van der Waals surface area contributed by atoms with Crippen LogP contribution in [-0.4, -0.2) is 30.4 Å². The first-order valence-electron chi connectivity index (χ1n) is 7.70. The second kappa shape index (κ2) is 7.28. The number of carbonyl (C=O) groups is 1. The van der Waals surface area contributed by atoms with Gasteiger partial charge in [-0.3, -0.25) is 4.79 Å². The first-order valence-corrected chi connectivity index (χ1v) is 7.70. The Balaban J connectivity index is 2.20. The van der Waals surface area contributed by atoms with Gasteiger partial charge in [0.2, 0.25) is 0 Å². The van der Waals surface area contributed by atoms with Crippen LogP contribution < -0.4 is 5.73 Å². The van der Waals surface area contributed by atoms with E-state index in [2.05, 4.69) is 18.8 Å². The zero-order valence-corrected chi connectivity index (χ0v) is 13.0. The summed E-state index contributed by atoms with van der Waals surface area (Å²) in [5, 5.41) is 0. The van der Waals surface area contributed by atoms with Crippen molar-refractivity contribution in [1.29, 1.82) is 0 Å². The topological polar surface area (TPSA) is 46.3 Å². The molecule has 0 spiro atoms. The minimum atomic E-state index is 0.128. The molecule has 1 aliphatic heterocycles. The molecule has 0 aliphatic carbocycles. The summed E-state index contributed by atoms with van der Waals surface area (Å²) in [5.74, 6) is 6.71. The highest BCUT2D eigenvalue weighted by molar-refractivity contribution is 5.94. The second-order valence-electron chi connectivity index (χ2n) is 5.92. The van der Waals surface area contributed by atoms with E-state index in [4.69, 9.17) is 5.73 Å². The molecule has 0 bridgehead atoms. The molecule has 1 amide bonds. The molecule has 1 aromatic carbocycles. The SMILES string of the molecule is Cc1cc(C#CCN)cc(C(=O)N2CCCC(C)CC2)c1. The van der Waals surface area contributed by atoms with Crippen molar-refractivity contribution in [2.24, 2.45) is 11.7 Å². The summed E-state index contributed by atoms with van der Waals surface area (Å²) >= 11 is 0. The van der Waals surface area contributed by atoms with Gasteiger partial charge >= 0.3 is 0 Å². The van der Waals surface area contributed by atoms with Crippen LogP contribution in [0.15, 0.2) is 18.2 Å². The number of aryl methyl sites for hydroxylation is 1.